The number of carbonyl (C=O) groups is 1. The Morgan fingerprint density at radius 2 is 1.48 bits per heavy atom. The van der Waals surface area contributed by atoms with E-state index in [-0.39, 0.29) is 5.78 Å². The zero-order chi connectivity index (χ0) is 21.6. The van der Waals surface area contributed by atoms with Crippen molar-refractivity contribution in [1.82, 2.24) is 4.98 Å². The summed E-state index contributed by atoms with van der Waals surface area (Å²) in [5.41, 5.74) is 2.53. The molecule has 154 valence electrons. The van der Waals surface area contributed by atoms with E-state index in [2.05, 4.69) is 34.6 Å². The summed E-state index contributed by atoms with van der Waals surface area (Å²) < 4.78 is 5.29. The molecule has 0 aliphatic rings. The third-order valence-corrected chi connectivity index (χ3v) is 5.02. The Bertz CT molecular complexity index is 1330. The van der Waals surface area contributed by atoms with Gasteiger partial charge in [0.05, 0.1) is 0 Å². The molecule has 0 spiro atoms. The molecule has 4 aromatic carbocycles. The maximum atomic E-state index is 11.4. The molecule has 0 fully saturated rings. The molecule has 0 saturated carbocycles. The standard InChI is InChI=1S/C14H12N2O.C12H10O2/c1-15-14-16-13(9-17-14)12-8-4-6-10-5-2-3-7-11(10)12;13-8-12(14)11-7-3-5-9-4-1-2-6-10(9)11/h2-9H,1H3,(H,15,16);1-7,13H,8H2. The Morgan fingerprint density at radius 1 is 0.871 bits per heavy atom. The lowest BCUT2D eigenvalue weighted by atomic mass is 10.0. The number of aliphatic hydroxyl groups is 1. The summed E-state index contributed by atoms with van der Waals surface area (Å²) in [6.07, 6.45) is 1.67. The fourth-order valence-corrected chi connectivity index (χ4v) is 3.51. The van der Waals surface area contributed by atoms with Gasteiger partial charge in [0, 0.05) is 18.2 Å². The van der Waals surface area contributed by atoms with Gasteiger partial charge in [-0.05, 0) is 21.5 Å². The number of aromatic nitrogens is 1. The van der Waals surface area contributed by atoms with Crippen LogP contribution in [0.4, 0.5) is 6.01 Å². The van der Waals surface area contributed by atoms with Gasteiger partial charge in [-0.25, -0.2) is 0 Å². The van der Waals surface area contributed by atoms with E-state index in [1.54, 1.807) is 19.4 Å². The van der Waals surface area contributed by atoms with Crippen molar-refractivity contribution in [3.05, 3.63) is 96.8 Å². The van der Waals surface area contributed by atoms with E-state index < -0.39 is 6.61 Å². The number of fused-ring (bicyclic) bond motifs is 2. The Balaban J connectivity index is 0.000000152. The van der Waals surface area contributed by atoms with Gasteiger partial charge in [0.15, 0.2) is 5.78 Å². The highest BCUT2D eigenvalue weighted by molar-refractivity contribution is 6.08. The number of ketones is 1. The molecule has 0 aliphatic carbocycles. The SMILES string of the molecule is CNc1nc(-c2cccc3ccccc23)co1.O=C(CO)c1cccc2ccccc12. The monoisotopic (exact) mass is 410 g/mol. The van der Waals surface area contributed by atoms with E-state index in [9.17, 15) is 4.79 Å². The first kappa shape index (κ1) is 20.3. The van der Waals surface area contributed by atoms with Crippen molar-refractivity contribution in [2.24, 2.45) is 0 Å². The van der Waals surface area contributed by atoms with Gasteiger partial charge in [0.2, 0.25) is 0 Å². The first-order chi connectivity index (χ1) is 15.2. The van der Waals surface area contributed by atoms with Crippen LogP contribution in [0, 0.1) is 0 Å². The zero-order valence-corrected chi connectivity index (χ0v) is 17.1. The van der Waals surface area contributed by atoms with Crippen LogP contribution in [-0.2, 0) is 0 Å². The minimum atomic E-state index is -0.437. The molecule has 5 heteroatoms. The summed E-state index contributed by atoms with van der Waals surface area (Å²) in [7, 11) is 1.79. The van der Waals surface area contributed by atoms with Crippen LogP contribution in [0.3, 0.4) is 0 Å². The van der Waals surface area contributed by atoms with Crippen LogP contribution in [0.5, 0.6) is 0 Å². The van der Waals surface area contributed by atoms with Crippen LogP contribution in [0.2, 0.25) is 0 Å². The van der Waals surface area contributed by atoms with Gasteiger partial charge in [0.25, 0.3) is 6.01 Å². The number of hydrogen-bond acceptors (Lipinski definition) is 5. The first-order valence-electron chi connectivity index (χ1n) is 9.94. The molecular weight excluding hydrogens is 388 g/mol. The molecule has 0 saturated heterocycles. The third-order valence-electron chi connectivity index (χ3n) is 5.02. The molecular formula is C26H22N2O3. The average molecular weight is 410 g/mol. The number of benzene rings is 4. The second kappa shape index (κ2) is 9.24. The van der Waals surface area contributed by atoms with E-state index in [0.717, 1.165) is 22.0 Å². The number of hydrogen-bond donors (Lipinski definition) is 2. The minimum Gasteiger partial charge on any atom is -0.432 e. The molecule has 5 aromatic rings. The van der Waals surface area contributed by atoms with E-state index in [1.165, 1.54) is 10.8 Å². The Hall–Kier alpha value is -3.96. The van der Waals surface area contributed by atoms with E-state index in [1.807, 2.05) is 54.6 Å². The maximum Gasteiger partial charge on any atom is 0.294 e. The molecule has 0 amide bonds. The van der Waals surface area contributed by atoms with Crippen molar-refractivity contribution in [3.8, 4) is 11.3 Å². The van der Waals surface area contributed by atoms with E-state index in [4.69, 9.17) is 9.52 Å². The number of Topliss-reactive ketones (excluding diaryl/α,β-unsaturated/α-hetero) is 1. The van der Waals surface area contributed by atoms with Gasteiger partial charge >= 0.3 is 0 Å². The van der Waals surface area contributed by atoms with Crippen LogP contribution in [0.15, 0.2) is 95.6 Å². The average Bonchev–Trinajstić information content (AvgIpc) is 3.32. The number of oxazole rings is 1. The summed E-state index contributed by atoms with van der Waals surface area (Å²) in [6, 6.07) is 28.1. The summed E-state index contributed by atoms with van der Waals surface area (Å²) >= 11 is 0. The molecule has 0 atom stereocenters. The topological polar surface area (TPSA) is 75.4 Å². The molecule has 0 unspecified atom stereocenters. The number of aliphatic hydroxyl groups excluding tert-OH is 1. The smallest absolute Gasteiger partial charge is 0.294 e. The molecule has 0 bridgehead atoms. The van der Waals surface area contributed by atoms with E-state index >= 15 is 0 Å². The Morgan fingerprint density at radius 3 is 2.16 bits per heavy atom. The third kappa shape index (κ3) is 4.32. The van der Waals surface area contributed by atoms with Gasteiger partial charge in [-0.1, -0.05) is 84.9 Å². The van der Waals surface area contributed by atoms with Crippen molar-refractivity contribution < 1.29 is 14.3 Å². The quantitative estimate of drug-likeness (QED) is 0.380. The molecule has 1 heterocycles. The summed E-state index contributed by atoms with van der Waals surface area (Å²) in [6.45, 7) is -0.437. The van der Waals surface area contributed by atoms with Crippen LogP contribution in [-0.4, -0.2) is 29.5 Å². The van der Waals surface area contributed by atoms with Gasteiger partial charge in [0.1, 0.15) is 18.6 Å². The molecule has 31 heavy (non-hydrogen) atoms. The number of nitrogens with zero attached hydrogens (tertiary/aromatic N) is 1. The van der Waals surface area contributed by atoms with Crippen molar-refractivity contribution in [1.29, 1.82) is 0 Å². The first-order valence-corrected chi connectivity index (χ1v) is 9.94. The highest BCUT2D eigenvalue weighted by atomic mass is 16.4. The zero-order valence-electron chi connectivity index (χ0n) is 17.1. The van der Waals surface area contributed by atoms with Gasteiger partial charge in [-0.3, -0.25) is 4.79 Å². The number of anilines is 1. The fourth-order valence-electron chi connectivity index (χ4n) is 3.51. The van der Waals surface area contributed by atoms with Gasteiger partial charge in [-0.15, -0.1) is 0 Å². The number of rotatable bonds is 4. The molecule has 5 rings (SSSR count). The van der Waals surface area contributed by atoms with Crippen LogP contribution in [0.1, 0.15) is 10.4 Å². The van der Waals surface area contributed by atoms with Gasteiger partial charge in [-0.2, -0.15) is 4.98 Å². The number of carbonyl (C=O) groups excluding carboxylic acids is 1. The van der Waals surface area contributed by atoms with Crippen LogP contribution in [0.25, 0.3) is 32.8 Å². The molecule has 0 radical (unpaired) electrons. The number of nitrogens with one attached hydrogen (secondary N) is 1. The van der Waals surface area contributed by atoms with Gasteiger partial charge < -0.3 is 14.8 Å². The summed E-state index contributed by atoms with van der Waals surface area (Å²) in [5, 5.41) is 16.0. The van der Waals surface area contributed by atoms with E-state index in [0.29, 0.717) is 11.6 Å². The predicted octanol–water partition coefficient (Wildman–Crippen LogP) is 5.55. The predicted molar refractivity (Wildman–Crippen MR) is 124 cm³/mol. The summed E-state index contributed by atoms with van der Waals surface area (Å²) in [5.74, 6) is -0.234. The molecule has 0 aliphatic heterocycles. The molecule has 5 nitrogen and oxygen atoms in total. The lowest BCUT2D eigenvalue weighted by Gasteiger charge is -2.02. The lowest BCUT2D eigenvalue weighted by Crippen LogP contribution is -2.04. The second-order valence-electron chi connectivity index (χ2n) is 6.92. The van der Waals surface area contributed by atoms with Crippen molar-refractivity contribution in [2.75, 3.05) is 19.0 Å². The highest BCUT2D eigenvalue weighted by Gasteiger charge is 2.08. The highest BCUT2D eigenvalue weighted by Crippen LogP contribution is 2.28. The molecule has 2 N–H and O–H groups in total. The van der Waals surface area contributed by atoms with Crippen molar-refractivity contribution >= 4 is 33.3 Å². The summed E-state index contributed by atoms with van der Waals surface area (Å²) in [4.78, 5) is 15.7. The largest absolute Gasteiger partial charge is 0.432 e. The van der Waals surface area contributed by atoms with Crippen molar-refractivity contribution in [2.45, 2.75) is 0 Å². The van der Waals surface area contributed by atoms with Crippen molar-refractivity contribution in [3.63, 3.8) is 0 Å². The van der Waals surface area contributed by atoms with Crippen LogP contribution >= 0.6 is 0 Å². The molecule has 1 aromatic heterocycles. The Labute approximate surface area is 180 Å². The van der Waals surface area contributed by atoms with Crippen LogP contribution < -0.4 is 5.32 Å². The lowest BCUT2D eigenvalue weighted by molar-refractivity contribution is 0.0905. The Kier molecular flexibility index (Phi) is 6.05. The second-order valence-corrected chi connectivity index (χ2v) is 6.92. The maximum absolute atomic E-state index is 11.4. The minimum absolute atomic E-state index is 0.234. The normalized spacial score (nSPS) is 10.5. The fraction of sp³-hybridized carbons (Fsp3) is 0.0769.